The summed E-state index contributed by atoms with van der Waals surface area (Å²) in [6, 6.07) is 9.14. The van der Waals surface area contributed by atoms with E-state index in [0.29, 0.717) is 18.4 Å². The molecule has 3 heteroatoms. The summed E-state index contributed by atoms with van der Waals surface area (Å²) in [5, 5.41) is 11.6. The van der Waals surface area contributed by atoms with Crippen LogP contribution in [0.1, 0.15) is 5.56 Å². The number of anilines is 1. The van der Waals surface area contributed by atoms with Gasteiger partial charge in [0.15, 0.2) is 0 Å². The van der Waals surface area contributed by atoms with Crippen LogP contribution in [0.2, 0.25) is 0 Å². The highest BCUT2D eigenvalue weighted by Crippen LogP contribution is 2.12. The summed E-state index contributed by atoms with van der Waals surface area (Å²) >= 11 is 0. The fourth-order valence-electron chi connectivity index (χ4n) is 0.948. The van der Waals surface area contributed by atoms with E-state index in [9.17, 15) is 4.39 Å². The predicted molar refractivity (Wildman–Crippen MR) is 49.9 cm³/mol. The van der Waals surface area contributed by atoms with Gasteiger partial charge in [-0.25, -0.2) is 4.39 Å². The second-order valence-corrected chi connectivity index (χ2v) is 2.40. The lowest BCUT2D eigenvalue weighted by molar-refractivity contribution is 0.718. The van der Waals surface area contributed by atoms with Gasteiger partial charge in [-0.1, -0.05) is 12.1 Å². The van der Waals surface area contributed by atoms with Crippen LogP contribution in [0.4, 0.5) is 10.1 Å². The van der Waals surface area contributed by atoms with Gasteiger partial charge < -0.3 is 5.32 Å². The van der Waals surface area contributed by atoms with Gasteiger partial charge in [0.05, 0.1) is 17.6 Å². The lowest BCUT2D eigenvalue weighted by Gasteiger charge is -2.03. The zero-order chi connectivity index (χ0) is 9.52. The molecular weight excluding hydrogens is 167 g/mol. The topological polar surface area (TPSA) is 35.8 Å². The van der Waals surface area contributed by atoms with E-state index in [1.807, 2.05) is 12.1 Å². The number of hydrogen-bond acceptors (Lipinski definition) is 2. The molecule has 0 aliphatic rings. The largest absolute Gasteiger partial charge is 0.380 e. The van der Waals surface area contributed by atoms with Crippen molar-refractivity contribution in [2.75, 3.05) is 11.9 Å². The standard InChI is InChI=1S/C10H9FN2/c11-6-3-7-13-10-5-2-1-4-9(10)8-12/h1-6,13H,7H2/b6-3+. The van der Waals surface area contributed by atoms with E-state index < -0.39 is 0 Å². The highest BCUT2D eigenvalue weighted by Gasteiger charge is 1.96. The minimum Gasteiger partial charge on any atom is -0.380 e. The fraction of sp³-hybridized carbons (Fsp3) is 0.100. The van der Waals surface area contributed by atoms with Gasteiger partial charge in [-0.05, 0) is 18.2 Å². The summed E-state index contributed by atoms with van der Waals surface area (Å²) in [5.41, 5.74) is 1.29. The van der Waals surface area contributed by atoms with Crippen molar-refractivity contribution in [3.8, 4) is 6.07 Å². The molecule has 0 unspecified atom stereocenters. The highest BCUT2D eigenvalue weighted by molar-refractivity contribution is 5.57. The van der Waals surface area contributed by atoms with Crippen LogP contribution in [0.5, 0.6) is 0 Å². The SMILES string of the molecule is N#Cc1ccccc1NC/C=C/F. The second kappa shape index (κ2) is 4.94. The first kappa shape index (κ1) is 9.27. The molecule has 0 bridgehead atoms. The molecule has 0 amide bonds. The van der Waals surface area contributed by atoms with Crippen LogP contribution in [0.3, 0.4) is 0 Å². The zero-order valence-electron chi connectivity index (χ0n) is 7.00. The first-order chi connectivity index (χ1) is 6.38. The molecule has 1 N–H and O–H groups in total. The molecule has 2 nitrogen and oxygen atoms in total. The molecule has 66 valence electrons. The number of rotatable bonds is 3. The van der Waals surface area contributed by atoms with Crippen LogP contribution in [0, 0.1) is 11.3 Å². The van der Waals surface area contributed by atoms with Crippen molar-refractivity contribution in [3.63, 3.8) is 0 Å². The van der Waals surface area contributed by atoms with Crippen LogP contribution >= 0.6 is 0 Å². The average molecular weight is 176 g/mol. The molecular formula is C10H9FN2. The molecule has 1 aromatic rings. The Kier molecular flexibility index (Phi) is 3.52. The molecule has 0 saturated heterocycles. The summed E-state index contributed by atoms with van der Waals surface area (Å²) in [5.74, 6) is 0. The van der Waals surface area contributed by atoms with Gasteiger partial charge >= 0.3 is 0 Å². The van der Waals surface area contributed by atoms with E-state index in [-0.39, 0.29) is 0 Å². The molecule has 0 atom stereocenters. The number of halogens is 1. The minimum absolute atomic E-state index is 0.384. The van der Waals surface area contributed by atoms with Gasteiger partial charge in [-0.3, -0.25) is 0 Å². The van der Waals surface area contributed by atoms with Crippen molar-refractivity contribution < 1.29 is 4.39 Å². The lowest BCUT2D eigenvalue weighted by Crippen LogP contribution is -1.99. The van der Waals surface area contributed by atoms with Crippen LogP contribution in [-0.4, -0.2) is 6.54 Å². The number of nitrogens with one attached hydrogen (secondary N) is 1. The molecule has 0 aliphatic heterocycles. The van der Waals surface area contributed by atoms with Crippen LogP contribution in [0.25, 0.3) is 0 Å². The molecule has 0 fully saturated rings. The van der Waals surface area contributed by atoms with E-state index in [1.165, 1.54) is 6.08 Å². The van der Waals surface area contributed by atoms with Crippen molar-refractivity contribution >= 4 is 5.69 Å². The van der Waals surface area contributed by atoms with Gasteiger partial charge in [0.25, 0.3) is 0 Å². The van der Waals surface area contributed by atoms with Gasteiger partial charge in [0, 0.05) is 6.54 Å². The smallest absolute Gasteiger partial charge is 0.101 e. The maximum atomic E-state index is 11.6. The third-order valence-corrected chi connectivity index (χ3v) is 1.55. The van der Waals surface area contributed by atoms with Gasteiger partial charge in [0.1, 0.15) is 6.07 Å². The maximum Gasteiger partial charge on any atom is 0.101 e. The van der Waals surface area contributed by atoms with Crippen molar-refractivity contribution in [3.05, 3.63) is 42.2 Å². The van der Waals surface area contributed by atoms with E-state index in [1.54, 1.807) is 18.2 Å². The third kappa shape index (κ3) is 2.60. The normalized spacial score (nSPS) is 9.85. The number of nitriles is 1. The van der Waals surface area contributed by atoms with Crippen LogP contribution < -0.4 is 5.32 Å². The Labute approximate surface area is 76.3 Å². The molecule has 0 saturated carbocycles. The Morgan fingerprint density at radius 1 is 1.46 bits per heavy atom. The maximum absolute atomic E-state index is 11.6. The minimum atomic E-state index is 0.384. The Bertz CT molecular complexity index is 339. The average Bonchev–Trinajstić information content (AvgIpc) is 2.19. The summed E-state index contributed by atoms with van der Waals surface area (Å²) in [6.45, 7) is 0.384. The number of para-hydroxylation sites is 1. The highest BCUT2D eigenvalue weighted by atomic mass is 19.1. The summed E-state index contributed by atoms with van der Waals surface area (Å²) < 4.78 is 11.6. The second-order valence-electron chi connectivity index (χ2n) is 2.40. The monoisotopic (exact) mass is 176 g/mol. The van der Waals surface area contributed by atoms with Crippen molar-refractivity contribution in [2.45, 2.75) is 0 Å². The zero-order valence-corrected chi connectivity index (χ0v) is 7.00. The number of hydrogen-bond donors (Lipinski definition) is 1. The fourth-order valence-corrected chi connectivity index (χ4v) is 0.948. The predicted octanol–water partition coefficient (Wildman–Crippen LogP) is 2.45. The molecule has 13 heavy (non-hydrogen) atoms. The summed E-state index contributed by atoms with van der Waals surface area (Å²) in [6.07, 6.45) is 1.82. The van der Waals surface area contributed by atoms with Crippen LogP contribution in [-0.2, 0) is 0 Å². The Hall–Kier alpha value is -1.82. The molecule has 0 spiro atoms. The molecule has 0 aromatic heterocycles. The lowest BCUT2D eigenvalue weighted by atomic mass is 10.2. The summed E-state index contributed by atoms with van der Waals surface area (Å²) in [7, 11) is 0. The van der Waals surface area contributed by atoms with Crippen molar-refractivity contribution in [1.82, 2.24) is 0 Å². The summed E-state index contributed by atoms with van der Waals surface area (Å²) in [4.78, 5) is 0. The van der Waals surface area contributed by atoms with Crippen molar-refractivity contribution in [2.24, 2.45) is 0 Å². The van der Waals surface area contributed by atoms with Crippen LogP contribution in [0.15, 0.2) is 36.7 Å². The quantitative estimate of drug-likeness (QED) is 0.767. The van der Waals surface area contributed by atoms with Gasteiger partial charge in [-0.2, -0.15) is 5.26 Å². The van der Waals surface area contributed by atoms with E-state index in [4.69, 9.17) is 5.26 Å². The van der Waals surface area contributed by atoms with E-state index >= 15 is 0 Å². The molecule has 0 radical (unpaired) electrons. The van der Waals surface area contributed by atoms with E-state index in [2.05, 4.69) is 5.32 Å². The number of nitrogens with zero attached hydrogens (tertiary/aromatic N) is 1. The Morgan fingerprint density at radius 2 is 2.23 bits per heavy atom. The van der Waals surface area contributed by atoms with E-state index in [0.717, 1.165) is 5.69 Å². The number of benzene rings is 1. The van der Waals surface area contributed by atoms with Crippen molar-refractivity contribution in [1.29, 1.82) is 5.26 Å². The molecule has 0 aliphatic carbocycles. The first-order valence-corrected chi connectivity index (χ1v) is 3.86. The molecule has 0 heterocycles. The van der Waals surface area contributed by atoms with Gasteiger partial charge in [-0.15, -0.1) is 0 Å². The Balaban J connectivity index is 2.71. The molecule has 1 aromatic carbocycles. The third-order valence-electron chi connectivity index (χ3n) is 1.55. The Morgan fingerprint density at radius 3 is 2.92 bits per heavy atom. The molecule has 1 rings (SSSR count). The van der Waals surface area contributed by atoms with Gasteiger partial charge in [0.2, 0.25) is 0 Å². The first-order valence-electron chi connectivity index (χ1n) is 3.86.